The zero-order valence-corrected chi connectivity index (χ0v) is 16.8. The molecular formula is C10H17F9O3Si3. The van der Waals surface area contributed by atoms with E-state index in [4.69, 9.17) is 12.3 Å². The molecule has 0 atom stereocenters. The van der Waals surface area contributed by atoms with Crippen molar-refractivity contribution in [3.63, 3.8) is 0 Å². The van der Waals surface area contributed by atoms with Crippen LogP contribution in [-0.2, 0) is 12.3 Å². The van der Waals surface area contributed by atoms with Crippen molar-refractivity contribution in [2.45, 2.75) is 62.1 Å². The molecule has 0 radical (unpaired) electrons. The molecule has 3 nitrogen and oxygen atoms in total. The first-order valence-electron chi connectivity index (χ1n) is 7.24. The minimum Gasteiger partial charge on any atom is -0.425 e. The van der Waals surface area contributed by atoms with Gasteiger partial charge in [-0.2, -0.15) is 39.5 Å². The molecule has 0 aromatic carbocycles. The third kappa shape index (κ3) is 9.41. The maximum absolute atomic E-state index is 12.6. The quantitative estimate of drug-likeness (QED) is 0.450. The molecule has 1 aliphatic heterocycles. The molecule has 1 heterocycles. The van der Waals surface area contributed by atoms with Crippen LogP contribution in [0.5, 0.6) is 0 Å². The molecule has 1 saturated heterocycles. The Kier molecular flexibility index (Phi) is 8.01. The fourth-order valence-electron chi connectivity index (χ4n) is 2.56. The Bertz CT molecular complexity index is 362. The number of rotatable bonds is 7. The molecule has 0 amide bonds. The normalized spacial score (nSPS) is 22.7. The molecule has 1 aliphatic rings. The summed E-state index contributed by atoms with van der Waals surface area (Å²) in [5, 5.41) is -1.88. The molecule has 25 heavy (non-hydrogen) atoms. The summed E-state index contributed by atoms with van der Waals surface area (Å²) in [4.78, 5) is 0. The molecule has 0 unspecified atom stereocenters. The van der Waals surface area contributed by atoms with Crippen molar-refractivity contribution in [1.82, 2.24) is 0 Å². The van der Waals surface area contributed by atoms with Crippen molar-refractivity contribution in [3.05, 3.63) is 0 Å². The van der Waals surface area contributed by atoms with E-state index in [0.29, 0.717) is 0 Å². The summed E-state index contributed by atoms with van der Waals surface area (Å²) < 4.78 is 129. The summed E-state index contributed by atoms with van der Waals surface area (Å²) in [6.45, 7) is 0. The van der Waals surface area contributed by atoms with Gasteiger partial charge < -0.3 is 12.3 Å². The highest BCUT2D eigenvalue weighted by molar-refractivity contribution is 6.63. The molecule has 1 fully saturated rings. The molecule has 0 bridgehead atoms. The first-order chi connectivity index (χ1) is 11.2. The van der Waals surface area contributed by atoms with Crippen LogP contribution in [0.4, 0.5) is 39.5 Å². The van der Waals surface area contributed by atoms with Gasteiger partial charge in [0.2, 0.25) is 0 Å². The van der Waals surface area contributed by atoms with Crippen LogP contribution < -0.4 is 0 Å². The van der Waals surface area contributed by atoms with Crippen LogP contribution in [0.2, 0.25) is 5.04 Å². The highest BCUT2D eigenvalue weighted by atomic mass is 28.4. The smallest absolute Gasteiger partial charge is 0.389 e. The monoisotopic (exact) mass is 440 g/mol. The van der Waals surface area contributed by atoms with Crippen LogP contribution in [-0.4, -0.2) is 47.8 Å². The molecule has 0 aliphatic carbocycles. The third-order valence-electron chi connectivity index (χ3n) is 3.82. The molecule has 15 heteroatoms. The molecule has 0 spiro atoms. The SMILES string of the molecule is FC(F)(F)CCC(CCC(F)(F)F)(CCC(F)(F)F)[SiH]1O[SiH2]O[SiH2]O1. The summed E-state index contributed by atoms with van der Waals surface area (Å²) in [7, 11) is -6.38. The van der Waals surface area contributed by atoms with Crippen LogP contribution in [0, 0.1) is 0 Å². The van der Waals surface area contributed by atoms with Crippen molar-refractivity contribution in [2.75, 3.05) is 0 Å². The number of halogens is 9. The van der Waals surface area contributed by atoms with E-state index >= 15 is 0 Å². The molecule has 0 N–H and O–H groups in total. The second-order valence-electron chi connectivity index (χ2n) is 5.81. The zero-order chi connectivity index (χ0) is 19.4. The van der Waals surface area contributed by atoms with Gasteiger partial charge in [-0.1, -0.05) is 0 Å². The minimum atomic E-state index is -4.70. The fourth-order valence-corrected chi connectivity index (χ4v) is 11.5. The highest BCUT2D eigenvalue weighted by Crippen LogP contribution is 2.51. The summed E-state index contributed by atoms with van der Waals surface area (Å²) in [5.41, 5.74) is 0. The lowest BCUT2D eigenvalue weighted by Crippen LogP contribution is -2.46. The predicted molar refractivity (Wildman–Crippen MR) is 76.1 cm³/mol. The van der Waals surface area contributed by atoms with Gasteiger partial charge in [0.1, 0.15) is 0 Å². The summed E-state index contributed by atoms with van der Waals surface area (Å²) in [6.07, 6.45) is -21.2. The maximum Gasteiger partial charge on any atom is 0.389 e. The van der Waals surface area contributed by atoms with E-state index in [9.17, 15) is 39.5 Å². The Morgan fingerprint density at radius 3 is 1.16 bits per heavy atom. The average molecular weight is 440 g/mol. The van der Waals surface area contributed by atoms with Crippen LogP contribution in [0.25, 0.3) is 0 Å². The van der Waals surface area contributed by atoms with E-state index in [1.165, 1.54) is 0 Å². The van der Waals surface area contributed by atoms with Gasteiger partial charge in [0, 0.05) is 24.3 Å². The molecule has 1 rings (SSSR count). The largest absolute Gasteiger partial charge is 0.425 e. The van der Waals surface area contributed by atoms with Gasteiger partial charge in [-0.05, 0) is 19.3 Å². The standard InChI is InChI=1S/C10H17F9O3Si3/c11-8(12,13)4-1-7(2-5-9(14,15)16,3-6-10(17,18)19)25-21-23-20-24-22-25/h25H,1-6,23-24H2. The van der Waals surface area contributed by atoms with Crippen molar-refractivity contribution in [2.24, 2.45) is 0 Å². The molecule has 150 valence electrons. The Hall–Kier alpha value is -0.0994. The van der Waals surface area contributed by atoms with E-state index in [2.05, 4.69) is 0 Å². The zero-order valence-electron chi connectivity index (χ0n) is 12.9. The second kappa shape index (κ2) is 8.73. The average Bonchev–Trinajstić information content (AvgIpc) is 2.45. The first-order valence-corrected chi connectivity index (χ1v) is 11.1. The van der Waals surface area contributed by atoms with Gasteiger partial charge in [-0.15, -0.1) is 0 Å². The lowest BCUT2D eigenvalue weighted by atomic mass is 9.90. The maximum atomic E-state index is 12.6. The number of alkyl halides is 9. The summed E-state index contributed by atoms with van der Waals surface area (Å²) in [5.74, 6) is 0. The Balaban J connectivity index is 3.04. The molecule has 0 aromatic heterocycles. The van der Waals surface area contributed by atoms with Crippen molar-refractivity contribution in [3.8, 4) is 0 Å². The second-order valence-corrected chi connectivity index (χ2v) is 12.5. The van der Waals surface area contributed by atoms with Gasteiger partial charge in [0.15, 0.2) is 0 Å². The summed E-state index contributed by atoms with van der Waals surface area (Å²) in [6, 6.07) is 0. The van der Waals surface area contributed by atoms with Crippen LogP contribution >= 0.6 is 0 Å². The Labute approximate surface area is 144 Å². The lowest BCUT2D eigenvalue weighted by Gasteiger charge is -2.41. The lowest BCUT2D eigenvalue weighted by molar-refractivity contribution is -0.149. The van der Waals surface area contributed by atoms with Gasteiger partial charge in [0.05, 0.1) is 0 Å². The summed E-state index contributed by atoms with van der Waals surface area (Å²) >= 11 is 0. The molecule has 0 aromatic rings. The number of hydrogen-bond acceptors (Lipinski definition) is 3. The Morgan fingerprint density at radius 1 is 0.560 bits per heavy atom. The fraction of sp³-hybridized carbons (Fsp3) is 1.00. The highest BCUT2D eigenvalue weighted by Gasteiger charge is 2.49. The molecular weight excluding hydrogens is 423 g/mol. The first kappa shape index (κ1) is 22.9. The van der Waals surface area contributed by atoms with Crippen LogP contribution in [0.3, 0.4) is 0 Å². The van der Waals surface area contributed by atoms with E-state index in [-0.39, 0.29) is 0 Å². The van der Waals surface area contributed by atoms with Crippen LogP contribution in [0.15, 0.2) is 0 Å². The minimum absolute atomic E-state index is 0.873. The van der Waals surface area contributed by atoms with E-state index < -0.39 is 91.4 Å². The van der Waals surface area contributed by atoms with Gasteiger partial charge in [0.25, 0.3) is 20.0 Å². The predicted octanol–water partition coefficient (Wildman–Crippen LogP) is 3.04. The third-order valence-corrected chi connectivity index (χ3v) is 10.5. The van der Waals surface area contributed by atoms with Crippen molar-refractivity contribution in [1.29, 1.82) is 0 Å². The van der Waals surface area contributed by atoms with Crippen LogP contribution in [0.1, 0.15) is 38.5 Å². The van der Waals surface area contributed by atoms with Gasteiger partial charge in [-0.25, -0.2) is 0 Å². The van der Waals surface area contributed by atoms with Gasteiger partial charge in [-0.3, -0.25) is 0 Å². The topological polar surface area (TPSA) is 27.7 Å². The van der Waals surface area contributed by atoms with E-state index in [1.807, 2.05) is 0 Å². The van der Waals surface area contributed by atoms with Crippen molar-refractivity contribution < 1.29 is 51.9 Å². The van der Waals surface area contributed by atoms with E-state index in [1.54, 1.807) is 0 Å². The van der Waals surface area contributed by atoms with Crippen molar-refractivity contribution >= 4 is 29.3 Å². The van der Waals surface area contributed by atoms with E-state index in [0.717, 1.165) is 0 Å². The Morgan fingerprint density at radius 2 is 0.880 bits per heavy atom. The molecule has 0 saturated carbocycles. The number of hydrogen-bond donors (Lipinski definition) is 0. The van der Waals surface area contributed by atoms with Gasteiger partial charge >= 0.3 is 27.8 Å².